The first kappa shape index (κ1) is 13.1. The summed E-state index contributed by atoms with van der Waals surface area (Å²) in [6.45, 7) is 7.02. The molecule has 0 spiro atoms. The maximum Gasteiger partial charge on any atom is 0.307 e. The van der Waals surface area contributed by atoms with Gasteiger partial charge in [-0.2, -0.15) is 0 Å². The fourth-order valence-corrected chi connectivity index (χ4v) is 3.02. The Balaban J connectivity index is 2.32. The minimum absolute atomic E-state index is 0.0187. The van der Waals surface area contributed by atoms with Crippen molar-refractivity contribution in [3.05, 3.63) is 11.6 Å². The molecule has 1 aliphatic rings. The van der Waals surface area contributed by atoms with Crippen molar-refractivity contribution in [3.63, 3.8) is 0 Å². The van der Waals surface area contributed by atoms with Gasteiger partial charge in [-0.25, -0.2) is 0 Å². The second-order valence-electron chi connectivity index (χ2n) is 5.38. The van der Waals surface area contributed by atoms with Gasteiger partial charge in [-0.05, 0) is 32.1 Å². The smallest absolute Gasteiger partial charge is 0.307 e. The third kappa shape index (κ3) is 2.26. The van der Waals surface area contributed by atoms with Gasteiger partial charge in [0.2, 0.25) is 0 Å². The summed E-state index contributed by atoms with van der Waals surface area (Å²) >= 11 is 0. The van der Waals surface area contributed by atoms with Gasteiger partial charge in [0.25, 0.3) is 0 Å². The van der Waals surface area contributed by atoms with Crippen LogP contribution in [0.3, 0.4) is 0 Å². The van der Waals surface area contributed by atoms with E-state index in [4.69, 9.17) is 0 Å². The second-order valence-corrected chi connectivity index (χ2v) is 5.38. The SMILES string of the molecule is CCCn1c(C)nnc1C1CC(C)CC1C(=O)O. The van der Waals surface area contributed by atoms with E-state index in [0.717, 1.165) is 37.5 Å². The Hall–Kier alpha value is -1.39. The van der Waals surface area contributed by atoms with E-state index in [-0.39, 0.29) is 11.8 Å². The van der Waals surface area contributed by atoms with Crippen LogP contribution in [0.25, 0.3) is 0 Å². The molecule has 0 bridgehead atoms. The largest absolute Gasteiger partial charge is 0.481 e. The number of carboxylic acids is 1. The highest BCUT2D eigenvalue weighted by molar-refractivity contribution is 5.71. The first-order chi connectivity index (χ1) is 8.54. The maximum atomic E-state index is 11.3. The summed E-state index contributed by atoms with van der Waals surface area (Å²) in [6.07, 6.45) is 2.66. The number of aryl methyl sites for hydroxylation is 1. The van der Waals surface area contributed by atoms with Crippen LogP contribution in [0.2, 0.25) is 0 Å². The molecule has 0 aromatic carbocycles. The molecule has 3 atom stereocenters. The van der Waals surface area contributed by atoms with Crippen LogP contribution in [-0.2, 0) is 11.3 Å². The number of hydrogen-bond donors (Lipinski definition) is 1. The highest BCUT2D eigenvalue weighted by Gasteiger charge is 2.40. The van der Waals surface area contributed by atoms with Crippen molar-refractivity contribution < 1.29 is 9.90 Å². The van der Waals surface area contributed by atoms with Gasteiger partial charge in [0.05, 0.1) is 5.92 Å². The predicted octanol–water partition coefficient (Wildman–Crippen LogP) is 2.21. The van der Waals surface area contributed by atoms with Gasteiger partial charge in [0.1, 0.15) is 11.6 Å². The summed E-state index contributed by atoms with van der Waals surface area (Å²) in [7, 11) is 0. The molecule has 0 saturated heterocycles. The summed E-state index contributed by atoms with van der Waals surface area (Å²) in [5, 5.41) is 17.7. The topological polar surface area (TPSA) is 68.0 Å². The van der Waals surface area contributed by atoms with Crippen LogP contribution in [0.15, 0.2) is 0 Å². The molecular weight excluding hydrogens is 230 g/mol. The summed E-state index contributed by atoms with van der Waals surface area (Å²) in [5.74, 6) is 1.21. The molecular formula is C13H21N3O2. The lowest BCUT2D eigenvalue weighted by molar-refractivity contribution is -0.142. The Bertz CT molecular complexity index is 441. The number of hydrogen-bond acceptors (Lipinski definition) is 3. The van der Waals surface area contributed by atoms with Crippen molar-refractivity contribution in [1.82, 2.24) is 14.8 Å². The molecule has 1 saturated carbocycles. The average molecular weight is 251 g/mol. The van der Waals surface area contributed by atoms with Crippen molar-refractivity contribution in [2.45, 2.75) is 52.5 Å². The summed E-state index contributed by atoms with van der Waals surface area (Å²) in [5.41, 5.74) is 0. The molecule has 1 aliphatic carbocycles. The first-order valence-corrected chi connectivity index (χ1v) is 6.67. The third-order valence-electron chi connectivity index (χ3n) is 3.86. The van der Waals surface area contributed by atoms with Crippen molar-refractivity contribution in [2.24, 2.45) is 11.8 Å². The van der Waals surface area contributed by atoms with Gasteiger partial charge in [-0.1, -0.05) is 13.8 Å². The van der Waals surface area contributed by atoms with Gasteiger partial charge in [-0.3, -0.25) is 4.79 Å². The normalized spacial score (nSPS) is 27.6. The van der Waals surface area contributed by atoms with Gasteiger partial charge in [-0.15, -0.1) is 10.2 Å². The van der Waals surface area contributed by atoms with E-state index in [1.54, 1.807) is 0 Å². The van der Waals surface area contributed by atoms with Gasteiger partial charge >= 0.3 is 5.97 Å². The Morgan fingerprint density at radius 3 is 2.78 bits per heavy atom. The van der Waals surface area contributed by atoms with E-state index >= 15 is 0 Å². The van der Waals surface area contributed by atoms with Gasteiger partial charge in [0.15, 0.2) is 0 Å². The monoisotopic (exact) mass is 251 g/mol. The van der Waals surface area contributed by atoms with E-state index in [2.05, 4.69) is 28.6 Å². The van der Waals surface area contributed by atoms with Crippen molar-refractivity contribution in [1.29, 1.82) is 0 Å². The lowest BCUT2D eigenvalue weighted by Crippen LogP contribution is -2.20. The number of carbonyl (C=O) groups is 1. The standard InChI is InChI=1S/C13H21N3O2/c1-4-5-16-9(3)14-15-12(16)10-6-8(2)7-11(10)13(17)18/h8,10-11H,4-7H2,1-3H3,(H,17,18). The Morgan fingerprint density at radius 2 is 2.17 bits per heavy atom. The van der Waals surface area contributed by atoms with Crippen LogP contribution in [-0.4, -0.2) is 25.8 Å². The molecule has 1 heterocycles. The molecule has 1 fully saturated rings. The Kier molecular flexibility index (Phi) is 3.68. The third-order valence-corrected chi connectivity index (χ3v) is 3.86. The number of carboxylic acid groups (broad SMARTS) is 1. The molecule has 3 unspecified atom stereocenters. The highest BCUT2D eigenvalue weighted by Crippen LogP contribution is 2.42. The quantitative estimate of drug-likeness (QED) is 0.890. The predicted molar refractivity (Wildman–Crippen MR) is 67.3 cm³/mol. The number of rotatable bonds is 4. The molecule has 100 valence electrons. The molecule has 0 amide bonds. The summed E-state index contributed by atoms with van der Waals surface area (Å²) in [6, 6.07) is 0. The molecule has 2 rings (SSSR count). The van der Waals surface area contributed by atoms with Crippen LogP contribution < -0.4 is 0 Å². The van der Waals surface area contributed by atoms with E-state index in [0.29, 0.717) is 5.92 Å². The van der Waals surface area contributed by atoms with Crippen LogP contribution in [0.4, 0.5) is 0 Å². The molecule has 5 nitrogen and oxygen atoms in total. The van der Waals surface area contributed by atoms with Gasteiger partial charge < -0.3 is 9.67 Å². The molecule has 1 N–H and O–H groups in total. The van der Waals surface area contributed by atoms with Crippen molar-refractivity contribution in [2.75, 3.05) is 0 Å². The lowest BCUT2D eigenvalue weighted by atomic mass is 9.95. The van der Waals surface area contributed by atoms with Crippen LogP contribution in [0.1, 0.15) is 50.7 Å². The lowest BCUT2D eigenvalue weighted by Gasteiger charge is -2.16. The number of nitrogens with zero attached hydrogens (tertiary/aromatic N) is 3. The number of aromatic nitrogens is 3. The van der Waals surface area contributed by atoms with Crippen molar-refractivity contribution in [3.8, 4) is 0 Å². The van der Waals surface area contributed by atoms with Gasteiger partial charge in [0, 0.05) is 12.5 Å². The van der Waals surface area contributed by atoms with E-state index in [1.165, 1.54) is 0 Å². The molecule has 1 aromatic rings. The minimum atomic E-state index is -0.701. The van der Waals surface area contributed by atoms with E-state index < -0.39 is 5.97 Å². The zero-order valence-electron chi connectivity index (χ0n) is 11.3. The average Bonchev–Trinajstić information content (AvgIpc) is 2.84. The molecule has 18 heavy (non-hydrogen) atoms. The summed E-state index contributed by atoms with van der Waals surface area (Å²) in [4.78, 5) is 11.3. The van der Waals surface area contributed by atoms with Crippen LogP contribution in [0.5, 0.6) is 0 Å². The van der Waals surface area contributed by atoms with E-state index in [1.807, 2.05) is 6.92 Å². The molecule has 5 heteroatoms. The summed E-state index contributed by atoms with van der Waals surface area (Å²) < 4.78 is 2.08. The van der Waals surface area contributed by atoms with Crippen LogP contribution in [0, 0.1) is 18.8 Å². The highest BCUT2D eigenvalue weighted by atomic mass is 16.4. The van der Waals surface area contributed by atoms with E-state index in [9.17, 15) is 9.90 Å². The zero-order valence-corrected chi connectivity index (χ0v) is 11.3. The zero-order chi connectivity index (χ0) is 13.3. The van der Waals surface area contributed by atoms with Crippen LogP contribution >= 0.6 is 0 Å². The van der Waals surface area contributed by atoms with Crippen molar-refractivity contribution >= 4 is 5.97 Å². The fraction of sp³-hybridized carbons (Fsp3) is 0.769. The first-order valence-electron chi connectivity index (χ1n) is 6.67. The number of aliphatic carboxylic acids is 1. The second kappa shape index (κ2) is 5.08. The molecule has 0 radical (unpaired) electrons. The maximum absolute atomic E-state index is 11.3. The fourth-order valence-electron chi connectivity index (χ4n) is 3.02. The molecule has 0 aliphatic heterocycles. The molecule has 1 aromatic heterocycles. The minimum Gasteiger partial charge on any atom is -0.481 e. The Labute approximate surface area is 107 Å². The Morgan fingerprint density at radius 1 is 1.44 bits per heavy atom.